The molecule has 0 spiro atoms. The molecule has 0 fully saturated rings. The van der Waals surface area contributed by atoms with Crippen molar-refractivity contribution in [2.24, 2.45) is 0 Å². The molecule has 2 heterocycles. The fourth-order valence-electron chi connectivity index (χ4n) is 1.43. The number of nitrogen functional groups attached to an aromatic ring is 1. The molecule has 6 heteroatoms. The summed E-state index contributed by atoms with van der Waals surface area (Å²) in [5.74, 6) is 0.287. The number of anilines is 1. The van der Waals surface area contributed by atoms with Crippen LogP contribution in [0, 0.1) is 6.92 Å². The van der Waals surface area contributed by atoms with E-state index >= 15 is 0 Å². The van der Waals surface area contributed by atoms with E-state index in [-0.39, 0.29) is 5.91 Å². The molecule has 2 rings (SSSR count). The monoisotopic (exact) mass is 231 g/mol. The van der Waals surface area contributed by atoms with Gasteiger partial charge in [0, 0.05) is 19.4 Å². The van der Waals surface area contributed by atoms with Crippen LogP contribution in [0.2, 0.25) is 0 Å². The van der Waals surface area contributed by atoms with Crippen LogP contribution in [-0.2, 0) is 0 Å². The Hall–Kier alpha value is -2.37. The number of aryl methyl sites for hydroxylation is 1. The minimum Gasteiger partial charge on any atom is -0.395 e. The summed E-state index contributed by atoms with van der Waals surface area (Å²) in [5.41, 5.74) is 7.72. The van der Waals surface area contributed by atoms with Gasteiger partial charge < -0.3 is 11.1 Å². The minimum atomic E-state index is -0.241. The van der Waals surface area contributed by atoms with Crippen molar-refractivity contribution in [2.45, 2.75) is 6.92 Å². The highest BCUT2D eigenvalue weighted by Gasteiger charge is 2.11. The first-order chi connectivity index (χ1) is 8.13. The number of pyridine rings is 1. The zero-order chi connectivity index (χ0) is 12.4. The van der Waals surface area contributed by atoms with Crippen molar-refractivity contribution in [3.63, 3.8) is 0 Å². The molecule has 0 aliphatic heterocycles. The summed E-state index contributed by atoms with van der Waals surface area (Å²) in [6, 6.07) is 3.43. The van der Waals surface area contributed by atoms with Crippen LogP contribution in [0.5, 0.6) is 0 Å². The van der Waals surface area contributed by atoms with Crippen LogP contribution in [0.25, 0.3) is 5.82 Å². The predicted molar refractivity (Wildman–Crippen MR) is 63.9 cm³/mol. The summed E-state index contributed by atoms with van der Waals surface area (Å²) in [7, 11) is 1.56. The first-order valence-corrected chi connectivity index (χ1v) is 5.12. The summed E-state index contributed by atoms with van der Waals surface area (Å²) < 4.78 is 1.49. The van der Waals surface area contributed by atoms with Gasteiger partial charge in [-0.15, -0.1) is 0 Å². The van der Waals surface area contributed by atoms with Crippen molar-refractivity contribution in [2.75, 3.05) is 12.8 Å². The molecule has 3 N–H and O–H groups in total. The van der Waals surface area contributed by atoms with E-state index in [9.17, 15) is 4.79 Å². The maximum atomic E-state index is 11.4. The Morgan fingerprint density at radius 3 is 2.94 bits per heavy atom. The van der Waals surface area contributed by atoms with E-state index in [1.54, 1.807) is 25.5 Å². The van der Waals surface area contributed by atoms with E-state index in [0.717, 1.165) is 5.56 Å². The number of carbonyl (C=O) groups excluding carboxylic acids is 1. The Morgan fingerprint density at radius 1 is 1.47 bits per heavy atom. The predicted octanol–water partition coefficient (Wildman–Crippen LogP) is 0.518. The molecule has 0 unspecified atom stereocenters. The fraction of sp³-hybridized carbons (Fsp3) is 0.182. The van der Waals surface area contributed by atoms with E-state index in [4.69, 9.17) is 5.73 Å². The zero-order valence-electron chi connectivity index (χ0n) is 9.64. The lowest BCUT2D eigenvalue weighted by Gasteiger charge is -2.06. The summed E-state index contributed by atoms with van der Waals surface area (Å²) in [4.78, 5) is 15.5. The van der Waals surface area contributed by atoms with Crippen molar-refractivity contribution in [1.82, 2.24) is 20.1 Å². The normalized spacial score (nSPS) is 10.2. The number of hydrogen-bond acceptors (Lipinski definition) is 4. The fourth-order valence-corrected chi connectivity index (χ4v) is 1.43. The molecule has 0 atom stereocenters. The number of nitrogens with zero attached hydrogens (tertiary/aromatic N) is 3. The summed E-state index contributed by atoms with van der Waals surface area (Å²) >= 11 is 0. The topological polar surface area (TPSA) is 85.8 Å². The van der Waals surface area contributed by atoms with Crippen LogP contribution >= 0.6 is 0 Å². The summed E-state index contributed by atoms with van der Waals surface area (Å²) in [5, 5.41) is 6.62. The van der Waals surface area contributed by atoms with Crippen LogP contribution in [0.15, 0.2) is 24.5 Å². The second-order valence-electron chi connectivity index (χ2n) is 3.59. The minimum absolute atomic E-state index is 0.241. The molecule has 0 aromatic carbocycles. The van der Waals surface area contributed by atoms with Crippen LogP contribution in [-0.4, -0.2) is 27.7 Å². The molecule has 2 aromatic heterocycles. The number of carbonyl (C=O) groups is 1. The number of nitrogens with one attached hydrogen (secondary N) is 1. The highest BCUT2D eigenvalue weighted by Crippen LogP contribution is 2.17. The smallest absolute Gasteiger partial charge is 0.271 e. The Labute approximate surface area is 98.5 Å². The molecular weight excluding hydrogens is 218 g/mol. The largest absolute Gasteiger partial charge is 0.395 e. The van der Waals surface area contributed by atoms with Crippen LogP contribution < -0.4 is 11.1 Å². The molecule has 1 amide bonds. The van der Waals surface area contributed by atoms with Gasteiger partial charge in [0.25, 0.3) is 5.91 Å². The van der Waals surface area contributed by atoms with E-state index in [0.29, 0.717) is 17.2 Å². The van der Waals surface area contributed by atoms with Crippen molar-refractivity contribution in [3.8, 4) is 5.82 Å². The van der Waals surface area contributed by atoms with Gasteiger partial charge in [0.05, 0.1) is 5.69 Å². The van der Waals surface area contributed by atoms with Gasteiger partial charge in [0.15, 0.2) is 11.5 Å². The van der Waals surface area contributed by atoms with Crippen LogP contribution in [0.1, 0.15) is 16.1 Å². The lowest BCUT2D eigenvalue weighted by molar-refractivity contribution is 0.0957. The average molecular weight is 231 g/mol. The van der Waals surface area contributed by atoms with Crippen molar-refractivity contribution in [3.05, 3.63) is 35.8 Å². The van der Waals surface area contributed by atoms with Gasteiger partial charge in [-0.05, 0) is 24.6 Å². The Bertz CT molecular complexity index is 561. The Kier molecular flexibility index (Phi) is 2.78. The molecule has 0 radical (unpaired) electrons. The number of rotatable bonds is 2. The Balaban J connectivity index is 2.44. The van der Waals surface area contributed by atoms with Gasteiger partial charge in [-0.25, -0.2) is 9.67 Å². The van der Waals surface area contributed by atoms with Gasteiger partial charge in [0.2, 0.25) is 0 Å². The number of amides is 1. The molecule has 17 heavy (non-hydrogen) atoms. The van der Waals surface area contributed by atoms with Crippen molar-refractivity contribution >= 4 is 11.6 Å². The van der Waals surface area contributed by atoms with E-state index in [2.05, 4.69) is 15.4 Å². The highest BCUT2D eigenvalue weighted by molar-refractivity contribution is 5.91. The first-order valence-electron chi connectivity index (χ1n) is 5.12. The van der Waals surface area contributed by atoms with Gasteiger partial charge in [0.1, 0.15) is 0 Å². The highest BCUT2D eigenvalue weighted by atomic mass is 16.1. The average Bonchev–Trinajstić information content (AvgIpc) is 2.81. The first kappa shape index (κ1) is 11.1. The molecule has 6 nitrogen and oxygen atoms in total. The number of hydrogen-bond donors (Lipinski definition) is 2. The molecule has 0 saturated carbocycles. The number of nitrogens with two attached hydrogens (primary N) is 1. The van der Waals surface area contributed by atoms with E-state index in [1.165, 1.54) is 4.68 Å². The third kappa shape index (κ3) is 1.96. The summed E-state index contributed by atoms with van der Waals surface area (Å²) in [6.07, 6.45) is 3.31. The second kappa shape index (κ2) is 4.25. The lowest BCUT2D eigenvalue weighted by Crippen LogP contribution is -2.18. The maximum Gasteiger partial charge on any atom is 0.271 e. The van der Waals surface area contributed by atoms with Crippen LogP contribution in [0.3, 0.4) is 0 Å². The molecule has 0 saturated heterocycles. The SMILES string of the molecule is CNC(=O)c1ccn(-c2nccc(C)c2N)n1. The van der Waals surface area contributed by atoms with Gasteiger partial charge in [-0.1, -0.05) is 0 Å². The third-order valence-corrected chi connectivity index (χ3v) is 2.45. The zero-order valence-corrected chi connectivity index (χ0v) is 9.64. The third-order valence-electron chi connectivity index (χ3n) is 2.45. The second-order valence-corrected chi connectivity index (χ2v) is 3.59. The van der Waals surface area contributed by atoms with Gasteiger partial charge >= 0.3 is 0 Å². The molecule has 0 aliphatic carbocycles. The maximum absolute atomic E-state index is 11.4. The summed E-state index contributed by atoms with van der Waals surface area (Å²) in [6.45, 7) is 1.89. The molecule has 0 aliphatic rings. The quantitative estimate of drug-likeness (QED) is 0.788. The molecule has 0 bridgehead atoms. The lowest BCUT2D eigenvalue weighted by atomic mass is 10.2. The van der Waals surface area contributed by atoms with Gasteiger partial charge in [-0.3, -0.25) is 4.79 Å². The van der Waals surface area contributed by atoms with Crippen molar-refractivity contribution < 1.29 is 4.79 Å². The molecule has 2 aromatic rings. The van der Waals surface area contributed by atoms with E-state index in [1.807, 2.05) is 13.0 Å². The van der Waals surface area contributed by atoms with Crippen molar-refractivity contribution in [1.29, 1.82) is 0 Å². The molecule has 88 valence electrons. The van der Waals surface area contributed by atoms with E-state index < -0.39 is 0 Å². The van der Waals surface area contributed by atoms with Crippen LogP contribution in [0.4, 0.5) is 5.69 Å². The van der Waals surface area contributed by atoms with Gasteiger partial charge in [-0.2, -0.15) is 5.10 Å². The Morgan fingerprint density at radius 2 is 2.24 bits per heavy atom. The molecular formula is C11H13N5O. The standard InChI is InChI=1S/C11H13N5O/c1-7-3-5-14-10(9(7)12)16-6-4-8(15-16)11(17)13-2/h3-6H,12H2,1-2H3,(H,13,17). The number of aromatic nitrogens is 3.